The number of amides is 1. The molecular formula is C16H17NO. The average molecular weight is 239 g/mol. The third kappa shape index (κ3) is 2.77. The van der Waals surface area contributed by atoms with E-state index in [0.29, 0.717) is 0 Å². The molecule has 2 aromatic carbocycles. The van der Waals surface area contributed by atoms with E-state index < -0.39 is 0 Å². The van der Waals surface area contributed by atoms with Crippen molar-refractivity contribution in [3.63, 3.8) is 0 Å². The van der Waals surface area contributed by atoms with Gasteiger partial charge in [0.15, 0.2) is 0 Å². The second-order valence-electron chi connectivity index (χ2n) is 4.40. The molecule has 0 aliphatic carbocycles. The van der Waals surface area contributed by atoms with E-state index in [1.54, 1.807) is 6.92 Å². The molecule has 1 amide bonds. The molecule has 0 aliphatic rings. The Labute approximate surface area is 108 Å². The molecular weight excluding hydrogens is 222 g/mol. The number of carbonyl (C=O) groups is 1. The Kier molecular flexibility index (Phi) is 3.78. The van der Waals surface area contributed by atoms with Gasteiger partial charge < -0.3 is 5.32 Å². The Hall–Kier alpha value is -2.09. The molecule has 18 heavy (non-hydrogen) atoms. The minimum atomic E-state index is -0.0788. The fourth-order valence-electron chi connectivity index (χ4n) is 2.10. The van der Waals surface area contributed by atoms with Gasteiger partial charge in [-0.3, -0.25) is 4.79 Å². The van der Waals surface area contributed by atoms with Gasteiger partial charge in [-0.2, -0.15) is 0 Å². The lowest BCUT2D eigenvalue weighted by Crippen LogP contribution is -2.27. The Balaban J connectivity index is 2.44. The molecule has 0 saturated heterocycles. The number of carbonyl (C=O) groups excluding carboxylic acids is 1. The van der Waals surface area contributed by atoms with Crippen molar-refractivity contribution in [1.82, 2.24) is 5.32 Å². The lowest BCUT2D eigenvalue weighted by Gasteiger charge is -2.20. The third-order valence-electron chi connectivity index (χ3n) is 2.98. The summed E-state index contributed by atoms with van der Waals surface area (Å²) < 4.78 is 0. The number of nitrogens with one attached hydrogen (secondary N) is 1. The molecule has 0 bridgehead atoms. The molecule has 0 aliphatic heterocycles. The average Bonchev–Trinajstić information content (AvgIpc) is 2.38. The summed E-state index contributed by atoms with van der Waals surface area (Å²) in [5, 5.41) is 3.01. The first-order valence-electron chi connectivity index (χ1n) is 6.06. The molecule has 2 heteroatoms. The molecule has 0 aromatic heterocycles. The van der Waals surface area contributed by atoms with E-state index in [9.17, 15) is 4.79 Å². The van der Waals surface area contributed by atoms with E-state index in [1.165, 1.54) is 5.56 Å². The summed E-state index contributed by atoms with van der Waals surface area (Å²) in [4.78, 5) is 11.4. The van der Waals surface area contributed by atoms with E-state index in [1.807, 2.05) is 42.5 Å². The van der Waals surface area contributed by atoms with Crippen LogP contribution >= 0.6 is 0 Å². The predicted molar refractivity (Wildman–Crippen MR) is 73.3 cm³/mol. The maximum absolute atomic E-state index is 11.4. The highest BCUT2D eigenvalue weighted by Crippen LogP contribution is 2.24. The van der Waals surface area contributed by atoms with Gasteiger partial charge in [-0.1, -0.05) is 54.6 Å². The first-order valence-corrected chi connectivity index (χ1v) is 6.06. The van der Waals surface area contributed by atoms with Gasteiger partial charge in [0.1, 0.15) is 0 Å². The van der Waals surface area contributed by atoms with Crippen molar-refractivity contribution in [3.05, 3.63) is 71.3 Å². The van der Waals surface area contributed by atoms with Crippen molar-refractivity contribution >= 4 is 5.91 Å². The first kappa shape index (κ1) is 12.4. The SMILES string of the molecule is CC(=O)NC(c1ccccc1)c1ccccc1C. The van der Waals surface area contributed by atoms with Crippen molar-refractivity contribution < 1.29 is 4.79 Å². The fourth-order valence-corrected chi connectivity index (χ4v) is 2.10. The number of hydrogen-bond donors (Lipinski definition) is 1. The van der Waals surface area contributed by atoms with Crippen LogP contribution in [-0.2, 0) is 4.79 Å². The Morgan fingerprint density at radius 1 is 1.00 bits per heavy atom. The van der Waals surface area contributed by atoms with Crippen LogP contribution < -0.4 is 5.32 Å². The van der Waals surface area contributed by atoms with Crippen molar-refractivity contribution in [2.45, 2.75) is 19.9 Å². The lowest BCUT2D eigenvalue weighted by molar-refractivity contribution is -0.119. The molecule has 0 saturated carbocycles. The molecule has 1 N–H and O–H groups in total. The maximum Gasteiger partial charge on any atom is 0.217 e. The molecule has 2 aromatic rings. The van der Waals surface area contributed by atoms with E-state index >= 15 is 0 Å². The quantitative estimate of drug-likeness (QED) is 0.875. The highest BCUT2D eigenvalue weighted by molar-refractivity contribution is 5.74. The lowest BCUT2D eigenvalue weighted by atomic mass is 9.95. The number of benzene rings is 2. The van der Waals surface area contributed by atoms with Crippen LogP contribution in [0, 0.1) is 6.92 Å². The van der Waals surface area contributed by atoms with E-state index in [4.69, 9.17) is 0 Å². The number of aryl methyl sites for hydroxylation is 1. The van der Waals surface area contributed by atoms with E-state index in [2.05, 4.69) is 24.4 Å². The summed E-state index contributed by atoms with van der Waals surface area (Å²) in [6, 6.07) is 18.1. The van der Waals surface area contributed by atoms with Crippen molar-refractivity contribution in [3.8, 4) is 0 Å². The highest BCUT2D eigenvalue weighted by atomic mass is 16.1. The first-order chi connectivity index (χ1) is 8.68. The van der Waals surface area contributed by atoms with Gasteiger partial charge in [-0.25, -0.2) is 0 Å². The largest absolute Gasteiger partial charge is 0.345 e. The highest BCUT2D eigenvalue weighted by Gasteiger charge is 2.16. The van der Waals surface area contributed by atoms with Gasteiger partial charge in [0.05, 0.1) is 6.04 Å². The zero-order valence-corrected chi connectivity index (χ0v) is 10.7. The van der Waals surface area contributed by atoms with Crippen LogP contribution in [0.3, 0.4) is 0 Å². The van der Waals surface area contributed by atoms with Gasteiger partial charge in [0.25, 0.3) is 0 Å². The topological polar surface area (TPSA) is 29.1 Å². The zero-order chi connectivity index (χ0) is 13.0. The normalized spacial score (nSPS) is 11.9. The summed E-state index contributed by atoms with van der Waals surface area (Å²) in [5.41, 5.74) is 3.42. The molecule has 0 fully saturated rings. The summed E-state index contributed by atoms with van der Waals surface area (Å²) in [6.07, 6.45) is 0. The molecule has 92 valence electrons. The summed E-state index contributed by atoms with van der Waals surface area (Å²) >= 11 is 0. The van der Waals surface area contributed by atoms with Crippen molar-refractivity contribution in [1.29, 1.82) is 0 Å². The van der Waals surface area contributed by atoms with Crippen LogP contribution in [0.1, 0.15) is 29.7 Å². The van der Waals surface area contributed by atoms with Gasteiger partial charge >= 0.3 is 0 Å². The number of rotatable bonds is 3. The molecule has 2 rings (SSSR count). The monoisotopic (exact) mass is 239 g/mol. The zero-order valence-electron chi connectivity index (χ0n) is 10.7. The van der Waals surface area contributed by atoms with Gasteiger partial charge in [0, 0.05) is 6.92 Å². The minimum absolute atomic E-state index is 0.0212. The smallest absolute Gasteiger partial charge is 0.217 e. The van der Waals surface area contributed by atoms with Crippen LogP contribution in [0.25, 0.3) is 0 Å². The van der Waals surface area contributed by atoms with Crippen LogP contribution in [0.5, 0.6) is 0 Å². The third-order valence-corrected chi connectivity index (χ3v) is 2.98. The molecule has 0 heterocycles. The van der Waals surface area contributed by atoms with Crippen LogP contribution in [0.2, 0.25) is 0 Å². The van der Waals surface area contributed by atoms with Gasteiger partial charge in [0.2, 0.25) is 5.91 Å². The summed E-state index contributed by atoms with van der Waals surface area (Å²) in [6.45, 7) is 3.61. The van der Waals surface area contributed by atoms with Crippen LogP contribution in [-0.4, -0.2) is 5.91 Å². The molecule has 1 unspecified atom stereocenters. The fraction of sp³-hybridized carbons (Fsp3) is 0.188. The second kappa shape index (κ2) is 5.50. The Morgan fingerprint density at radius 2 is 1.61 bits per heavy atom. The van der Waals surface area contributed by atoms with Gasteiger partial charge in [-0.05, 0) is 23.6 Å². The maximum atomic E-state index is 11.4. The van der Waals surface area contributed by atoms with E-state index in [0.717, 1.165) is 11.1 Å². The summed E-state index contributed by atoms with van der Waals surface area (Å²) in [7, 11) is 0. The summed E-state index contributed by atoms with van der Waals surface area (Å²) in [5.74, 6) is -0.0212. The van der Waals surface area contributed by atoms with E-state index in [-0.39, 0.29) is 11.9 Å². The molecule has 2 nitrogen and oxygen atoms in total. The Bertz CT molecular complexity index is 534. The Morgan fingerprint density at radius 3 is 2.22 bits per heavy atom. The van der Waals surface area contributed by atoms with Gasteiger partial charge in [-0.15, -0.1) is 0 Å². The second-order valence-corrected chi connectivity index (χ2v) is 4.40. The van der Waals surface area contributed by atoms with Crippen LogP contribution in [0.4, 0.5) is 0 Å². The van der Waals surface area contributed by atoms with Crippen molar-refractivity contribution in [2.75, 3.05) is 0 Å². The minimum Gasteiger partial charge on any atom is -0.345 e. The molecule has 1 atom stereocenters. The van der Waals surface area contributed by atoms with Crippen molar-refractivity contribution in [2.24, 2.45) is 0 Å². The molecule has 0 radical (unpaired) electrons. The molecule has 0 spiro atoms. The predicted octanol–water partition coefficient (Wildman–Crippen LogP) is 3.22. The number of hydrogen-bond acceptors (Lipinski definition) is 1. The standard InChI is InChI=1S/C16H17NO/c1-12-8-6-7-11-15(12)16(17-13(2)18)14-9-4-3-5-10-14/h3-11,16H,1-2H3,(H,17,18). The van der Waals surface area contributed by atoms with Crippen LogP contribution in [0.15, 0.2) is 54.6 Å².